The van der Waals surface area contributed by atoms with E-state index in [1.54, 1.807) is 56.6 Å². The van der Waals surface area contributed by atoms with Crippen molar-refractivity contribution in [3.63, 3.8) is 0 Å². The van der Waals surface area contributed by atoms with Crippen molar-refractivity contribution in [2.75, 3.05) is 7.11 Å². The van der Waals surface area contributed by atoms with Crippen LogP contribution in [0.1, 0.15) is 78.4 Å². The largest absolute Gasteiger partial charge is 0.380 e. The number of rotatable bonds is 12. The molecule has 0 aliphatic heterocycles. The second-order valence-electron chi connectivity index (χ2n) is 9.30. The van der Waals surface area contributed by atoms with Gasteiger partial charge in [-0.25, -0.2) is 4.39 Å². The minimum atomic E-state index is -0.557. The van der Waals surface area contributed by atoms with Crippen molar-refractivity contribution in [1.29, 1.82) is 0 Å². The van der Waals surface area contributed by atoms with Crippen LogP contribution in [0.25, 0.3) is 0 Å². The highest BCUT2D eigenvalue weighted by Gasteiger charge is 2.16. The van der Waals surface area contributed by atoms with Gasteiger partial charge in [0.1, 0.15) is 11.5 Å². The predicted molar refractivity (Wildman–Crippen MR) is 155 cm³/mol. The molecule has 0 spiro atoms. The summed E-state index contributed by atoms with van der Waals surface area (Å²) in [6.45, 7) is 2.19. The lowest BCUT2D eigenvalue weighted by molar-refractivity contribution is 0.0912. The third-order valence-corrected chi connectivity index (χ3v) is 6.32. The van der Waals surface area contributed by atoms with Crippen molar-refractivity contribution in [2.24, 2.45) is 0 Å². The van der Waals surface area contributed by atoms with Crippen LogP contribution in [0.4, 0.5) is 4.39 Å². The molecule has 0 radical (unpaired) electrons. The number of carbonyl (C=O) groups excluding carboxylic acids is 4. The number of aromatic nitrogens is 1. The smallest absolute Gasteiger partial charge is 0.181 e. The van der Waals surface area contributed by atoms with E-state index < -0.39 is 5.82 Å². The van der Waals surface area contributed by atoms with Crippen molar-refractivity contribution in [3.8, 4) is 0 Å². The van der Waals surface area contributed by atoms with E-state index in [9.17, 15) is 23.6 Å². The molecule has 1 aromatic heterocycles. The van der Waals surface area contributed by atoms with Crippen molar-refractivity contribution in [2.45, 2.75) is 39.2 Å². The Bertz CT molecular complexity index is 1440. The highest BCUT2D eigenvalue weighted by molar-refractivity contribution is 6.03. The van der Waals surface area contributed by atoms with E-state index in [0.29, 0.717) is 23.4 Å². The molecule has 4 aromatic rings. The number of nitrogens with zero attached hydrogens (tertiary/aromatic N) is 1. The first-order chi connectivity index (χ1) is 19.8. The second kappa shape index (κ2) is 15.8. The fourth-order valence-electron chi connectivity index (χ4n) is 4.15. The quantitative estimate of drug-likeness (QED) is 0.175. The highest BCUT2D eigenvalue weighted by atomic mass is 19.1. The van der Waals surface area contributed by atoms with Gasteiger partial charge in [0.05, 0.1) is 12.2 Å². The molecule has 210 valence electrons. The first-order valence-corrected chi connectivity index (χ1v) is 13.2. The summed E-state index contributed by atoms with van der Waals surface area (Å²) in [6.07, 6.45) is 2.00. The Morgan fingerprint density at radius 3 is 1.88 bits per heavy atom. The molecule has 0 unspecified atom stereocenters. The molecule has 0 N–H and O–H groups in total. The maximum Gasteiger partial charge on any atom is 0.181 e. The molecule has 1 heterocycles. The number of Topliss-reactive ketones (excluding diaryl/α,β-unsaturated/α-hetero) is 4. The van der Waals surface area contributed by atoms with Crippen LogP contribution in [0.3, 0.4) is 0 Å². The van der Waals surface area contributed by atoms with Crippen LogP contribution in [-0.4, -0.2) is 35.2 Å². The van der Waals surface area contributed by atoms with Crippen molar-refractivity contribution < 1.29 is 28.3 Å². The number of hydrogen-bond donors (Lipinski definition) is 0. The van der Waals surface area contributed by atoms with E-state index in [1.165, 1.54) is 18.2 Å². The second-order valence-corrected chi connectivity index (χ2v) is 9.30. The maximum atomic E-state index is 13.4. The summed E-state index contributed by atoms with van der Waals surface area (Å²) in [7, 11) is 1.60. The third kappa shape index (κ3) is 9.22. The molecule has 7 heteroatoms. The summed E-state index contributed by atoms with van der Waals surface area (Å²) in [6, 6.07) is 25.7. The predicted octanol–water partition coefficient (Wildman–Crippen LogP) is 7.05. The van der Waals surface area contributed by atoms with Crippen LogP contribution in [0.5, 0.6) is 0 Å². The van der Waals surface area contributed by atoms with E-state index in [-0.39, 0.29) is 54.4 Å². The molecule has 6 nitrogen and oxygen atoms in total. The monoisotopic (exact) mass is 553 g/mol. The maximum absolute atomic E-state index is 13.4. The summed E-state index contributed by atoms with van der Waals surface area (Å²) in [5.74, 6) is -1.16. The first-order valence-electron chi connectivity index (χ1n) is 13.2. The molecule has 4 rings (SSSR count). The average molecular weight is 554 g/mol. The van der Waals surface area contributed by atoms with E-state index in [1.807, 2.05) is 36.4 Å². The standard InChI is InChI=1S/C18H18O3.C16H14FNO2/c1-21-13-15-9-5-6-10-16(15)18(20)12-11-17(19)14-7-3-2-4-8-14;1-11-5-4-10-18-16(11)15(20)9-8-14(19)12-6-2-3-7-13(12)17/h2-10H,11-13H2,1H3;2-7,10H,8-9H2,1H3. The Morgan fingerprint density at radius 2 is 1.22 bits per heavy atom. The van der Waals surface area contributed by atoms with Crippen LogP contribution >= 0.6 is 0 Å². The molecule has 0 aliphatic carbocycles. The molecule has 0 aliphatic rings. The minimum absolute atomic E-state index is 0.00632. The van der Waals surface area contributed by atoms with E-state index in [4.69, 9.17) is 4.74 Å². The fraction of sp³-hybridized carbons (Fsp3) is 0.206. The summed E-state index contributed by atoms with van der Waals surface area (Å²) in [5.41, 5.74) is 3.32. The fourth-order valence-corrected chi connectivity index (χ4v) is 4.15. The summed E-state index contributed by atoms with van der Waals surface area (Å²) >= 11 is 0. The van der Waals surface area contributed by atoms with Gasteiger partial charge in [0, 0.05) is 50.1 Å². The number of carbonyl (C=O) groups is 4. The van der Waals surface area contributed by atoms with Gasteiger partial charge < -0.3 is 4.74 Å². The van der Waals surface area contributed by atoms with Crippen LogP contribution in [-0.2, 0) is 11.3 Å². The molecule has 3 aromatic carbocycles. The lowest BCUT2D eigenvalue weighted by Crippen LogP contribution is -2.09. The molecule has 0 saturated heterocycles. The zero-order valence-corrected chi connectivity index (χ0v) is 23.1. The van der Waals surface area contributed by atoms with Gasteiger partial charge in [-0.05, 0) is 36.2 Å². The van der Waals surface area contributed by atoms with Gasteiger partial charge in [-0.1, -0.05) is 72.8 Å². The number of hydrogen-bond acceptors (Lipinski definition) is 6. The van der Waals surface area contributed by atoms with Gasteiger partial charge in [0.15, 0.2) is 23.1 Å². The van der Waals surface area contributed by atoms with Gasteiger partial charge in [-0.15, -0.1) is 0 Å². The Labute approximate surface area is 239 Å². The van der Waals surface area contributed by atoms with Gasteiger partial charge >= 0.3 is 0 Å². The van der Waals surface area contributed by atoms with Crippen LogP contribution in [0, 0.1) is 12.7 Å². The number of pyridine rings is 1. The number of benzene rings is 3. The van der Waals surface area contributed by atoms with Gasteiger partial charge in [-0.3, -0.25) is 24.2 Å². The van der Waals surface area contributed by atoms with Crippen LogP contribution in [0.15, 0.2) is 97.2 Å². The summed E-state index contributed by atoms with van der Waals surface area (Å²) in [4.78, 5) is 52.1. The average Bonchev–Trinajstić information content (AvgIpc) is 3.00. The number of ether oxygens (including phenoxy) is 1. The van der Waals surface area contributed by atoms with Gasteiger partial charge in [0.25, 0.3) is 0 Å². The van der Waals surface area contributed by atoms with Gasteiger partial charge in [0.2, 0.25) is 0 Å². The molecule has 0 atom stereocenters. The van der Waals surface area contributed by atoms with Crippen molar-refractivity contribution in [1.82, 2.24) is 4.98 Å². The van der Waals surface area contributed by atoms with E-state index in [2.05, 4.69) is 4.98 Å². The van der Waals surface area contributed by atoms with Gasteiger partial charge in [-0.2, -0.15) is 0 Å². The zero-order valence-electron chi connectivity index (χ0n) is 23.1. The number of methoxy groups -OCH3 is 1. The Kier molecular flexibility index (Phi) is 11.9. The molecule has 0 amide bonds. The minimum Gasteiger partial charge on any atom is -0.380 e. The normalized spacial score (nSPS) is 10.3. The van der Waals surface area contributed by atoms with Crippen molar-refractivity contribution in [3.05, 3.63) is 137 Å². The van der Waals surface area contributed by atoms with E-state index >= 15 is 0 Å². The first kappa shape index (κ1) is 30.9. The number of aryl methyl sites for hydroxylation is 1. The molecule has 0 fully saturated rings. The molecular weight excluding hydrogens is 521 g/mol. The molecule has 41 heavy (non-hydrogen) atoms. The zero-order chi connectivity index (χ0) is 29.6. The Balaban J connectivity index is 0.000000226. The lowest BCUT2D eigenvalue weighted by Gasteiger charge is -2.07. The SMILES string of the molecule is COCc1ccccc1C(=O)CCC(=O)c1ccccc1.Cc1cccnc1C(=O)CCC(=O)c1ccccc1F. The Morgan fingerprint density at radius 1 is 0.659 bits per heavy atom. The van der Waals surface area contributed by atoms with E-state index in [0.717, 1.165) is 11.1 Å². The number of halogens is 1. The highest BCUT2D eigenvalue weighted by Crippen LogP contribution is 2.15. The summed E-state index contributed by atoms with van der Waals surface area (Å²) in [5, 5.41) is 0. The lowest BCUT2D eigenvalue weighted by atomic mass is 9.98. The Hall–Kier alpha value is -4.62. The van der Waals surface area contributed by atoms with Crippen LogP contribution in [0.2, 0.25) is 0 Å². The van der Waals surface area contributed by atoms with Crippen molar-refractivity contribution >= 4 is 23.1 Å². The van der Waals surface area contributed by atoms with Crippen LogP contribution < -0.4 is 0 Å². The molecule has 0 bridgehead atoms. The summed E-state index contributed by atoms with van der Waals surface area (Å²) < 4.78 is 18.5. The third-order valence-electron chi connectivity index (χ3n) is 6.32. The number of ketones is 4. The molecule has 0 saturated carbocycles. The molecular formula is C34H32FNO5. The topological polar surface area (TPSA) is 90.4 Å².